The topological polar surface area (TPSA) is 52.3 Å². The summed E-state index contributed by atoms with van der Waals surface area (Å²) in [6.07, 6.45) is 0. The van der Waals surface area contributed by atoms with Crippen LogP contribution in [0.2, 0.25) is 5.02 Å². The van der Waals surface area contributed by atoms with Crippen molar-refractivity contribution in [1.29, 1.82) is 0 Å². The summed E-state index contributed by atoms with van der Waals surface area (Å²) < 4.78 is 5.14. The highest BCUT2D eigenvalue weighted by Crippen LogP contribution is 2.20. The zero-order chi connectivity index (χ0) is 12.3. The Morgan fingerprint density at radius 1 is 1.41 bits per heavy atom. The van der Waals surface area contributed by atoms with Gasteiger partial charge in [0.1, 0.15) is 6.61 Å². The number of rotatable bonds is 3. The number of ether oxygens (including phenoxy) is 1. The van der Waals surface area contributed by atoms with Gasteiger partial charge in [-0.3, -0.25) is 0 Å². The first kappa shape index (κ1) is 12.0. The van der Waals surface area contributed by atoms with E-state index in [4.69, 9.17) is 22.1 Å². The molecule has 0 saturated carbocycles. The maximum Gasteiger partial charge on any atom is 0.338 e. The van der Waals surface area contributed by atoms with Crippen LogP contribution in [0.3, 0.4) is 0 Å². The van der Waals surface area contributed by atoms with E-state index < -0.39 is 5.97 Å². The molecule has 5 heteroatoms. The molecule has 1 heterocycles. The molecule has 3 nitrogen and oxygen atoms in total. The molecule has 0 bridgehead atoms. The number of anilines is 1. The van der Waals surface area contributed by atoms with Gasteiger partial charge in [-0.15, -0.1) is 0 Å². The Morgan fingerprint density at radius 2 is 2.24 bits per heavy atom. The fourth-order valence-electron chi connectivity index (χ4n) is 1.26. The van der Waals surface area contributed by atoms with E-state index in [1.165, 1.54) is 6.07 Å². The lowest BCUT2D eigenvalue weighted by molar-refractivity contribution is 0.0473. The Bertz CT molecular complexity index is 525. The van der Waals surface area contributed by atoms with Crippen molar-refractivity contribution in [2.75, 3.05) is 5.73 Å². The second-order valence-corrected chi connectivity index (χ2v) is 4.63. The van der Waals surface area contributed by atoms with Crippen molar-refractivity contribution in [3.05, 3.63) is 51.2 Å². The molecular formula is C12H10ClNO2S. The monoisotopic (exact) mass is 267 g/mol. The highest BCUT2D eigenvalue weighted by molar-refractivity contribution is 7.07. The molecule has 0 unspecified atom stereocenters. The summed E-state index contributed by atoms with van der Waals surface area (Å²) in [5.74, 6) is -0.405. The first-order valence-electron chi connectivity index (χ1n) is 4.90. The third kappa shape index (κ3) is 2.99. The van der Waals surface area contributed by atoms with E-state index in [9.17, 15) is 4.79 Å². The summed E-state index contributed by atoms with van der Waals surface area (Å²) in [5.41, 5.74) is 7.38. The van der Waals surface area contributed by atoms with Gasteiger partial charge in [0.25, 0.3) is 0 Å². The lowest BCUT2D eigenvalue weighted by Crippen LogP contribution is -2.05. The van der Waals surface area contributed by atoms with Gasteiger partial charge in [0.15, 0.2) is 0 Å². The number of esters is 1. The molecule has 2 N–H and O–H groups in total. The second-order valence-electron chi connectivity index (χ2n) is 3.44. The third-order valence-electron chi connectivity index (χ3n) is 2.19. The molecule has 0 fully saturated rings. The zero-order valence-electron chi connectivity index (χ0n) is 8.85. The van der Waals surface area contributed by atoms with Crippen molar-refractivity contribution in [3.8, 4) is 0 Å². The van der Waals surface area contributed by atoms with Crippen LogP contribution in [0.4, 0.5) is 5.69 Å². The Balaban J connectivity index is 2.02. The number of nitrogens with two attached hydrogens (primary N) is 1. The minimum Gasteiger partial charge on any atom is -0.457 e. The fourth-order valence-corrected chi connectivity index (χ4v) is 2.09. The molecular weight excluding hydrogens is 258 g/mol. The first-order chi connectivity index (χ1) is 8.16. The molecule has 0 aliphatic carbocycles. The fraction of sp³-hybridized carbons (Fsp3) is 0.0833. The number of carbonyl (C=O) groups excluding carboxylic acids is 1. The van der Waals surface area contributed by atoms with Crippen LogP contribution in [0.1, 0.15) is 15.9 Å². The highest BCUT2D eigenvalue weighted by Gasteiger charge is 2.09. The predicted octanol–water partition coefficient (Wildman–Crippen LogP) is 3.34. The molecule has 0 radical (unpaired) electrons. The number of benzene rings is 1. The minimum atomic E-state index is -0.405. The predicted molar refractivity (Wildman–Crippen MR) is 69.3 cm³/mol. The van der Waals surface area contributed by atoms with Crippen molar-refractivity contribution >= 4 is 34.6 Å². The summed E-state index contributed by atoms with van der Waals surface area (Å²) in [6, 6.07) is 6.60. The maximum atomic E-state index is 11.7. The van der Waals surface area contributed by atoms with Crippen LogP contribution in [-0.2, 0) is 11.3 Å². The van der Waals surface area contributed by atoms with Gasteiger partial charge in [-0.2, -0.15) is 11.3 Å². The van der Waals surface area contributed by atoms with Crippen LogP contribution in [0.5, 0.6) is 0 Å². The van der Waals surface area contributed by atoms with E-state index >= 15 is 0 Å². The van der Waals surface area contributed by atoms with Gasteiger partial charge < -0.3 is 10.5 Å². The molecule has 0 aliphatic rings. The Labute approximate surface area is 108 Å². The number of nitrogen functional groups attached to an aromatic ring is 1. The van der Waals surface area contributed by atoms with E-state index in [1.54, 1.807) is 23.5 Å². The normalized spacial score (nSPS) is 10.2. The van der Waals surface area contributed by atoms with Gasteiger partial charge >= 0.3 is 5.97 Å². The number of hydrogen-bond donors (Lipinski definition) is 1. The lowest BCUT2D eigenvalue weighted by atomic mass is 10.2. The van der Waals surface area contributed by atoms with Crippen LogP contribution in [-0.4, -0.2) is 5.97 Å². The second kappa shape index (κ2) is 5.21. The third-order valence-corrected chi connectivity index (χ3v) is 3.25. The van der Waals surface area contributed by atoms with Gasteiger partial charge in [-0.25, -0.2) is 4.79 Å². The Morgan fingerprint density at radius 3 is 2.88 bits per heavy atom. The molecule has 88 valence electrons. The summed E-state index contributed by atoms with van der Waals surface area (Å²) >= 11 is 7.39. The molecule has 1 aromatic carbocycles. The number of halogens is 1. The SMILES string of the molecule is Nc1ccc(C(=O)OCc2ccsc2)cc1Cl. The molecule has 0 spiro atoms. The average molecular weight is 268 g/mol. The summed E-state index contributed by atoms with van der Waals surface area (Å²) in [4.78, 5) is 11.7. The summed E-state index contributed by atoms with van der Waals surface area (Å²) in [6.45, 7) is 0.268. The molecule has 0 aliphatic heterocycles. The minimum absolute atomic E-state index is 0.268. The first-order valence-corrected chi connectivity index (χ1v) is 6.22. The van der Waals surface area contributed by atoms with Crippen molar-refractivity contribution in [3.63, 3.8) is 0 Å². The van der Waals surface area contributed by atoms with Crippen molar-refractivity contribution in [1.82, 2.24) is 0 Å². The van der Waals surface area contributed by atoms with E-state index in [-0.39, 0.29) is 6.61 Å². The molecule has 17 heavy (non-hydrogen) atoms. The van der Waals surface area contributed by atoms with E-state index in [0.29, 0.717) is 16.3 Å². The Hall–Kier alpha value is -1.52. The molecule has 1 aromatic heterocycles. The van der Waals surface area contributed by atoms with E-state index in [0.717, 1.165) is 5.56 Å². The largest absolute Gasteiger partial charge is 0.457 e. The standard InChI is InChI=1S/C12H10ClNO2S/c13-10-5-9(1-2-11(10)14)12(15)16-6-8-3-4-17-7-8/h1-5,7H,6,14H2. The highest BCUT2D eigenvalue weighted by atomic mass is 35.5. The smallest absolute Gasteiger partial charge is 0.338 e. The van der Waals surface area contributed by atoms with Crippen LogP contribution in [0, 0.1) is 0 Å². The van der Waals surface area contributed by atoms with Crippen molar-refractivity contribution in [2.45, 2.75) is 6.61 Å². The van der Waals surface area contributed by atoms with Gasteiger partial charge in [-0.05, 0) is 35.0 Å². The number of hydrogen-bond acceptors (Lipinski definition) is 4. The number of carbonyl (C=O) groups is 1. The Kier molecular flexibility index (Phi) is 3.66. The summed E-state index contributed by atoms with van der Waals surface area (Å²) in [7, 11) is 0. The molecule has 2 rings (SSSR count). The van der Waals surface area contributed by atoms with Gasteiger partial charge in [-0.1, -0.05) is 11.6 Å². The lowest BCUT2D eigenvalue weighted by Gasteiger charge is -2.04. The van der Waals surface area contributed by atoms with Crippen molar-refractivity contribution < 1.29 is 9.53 Å². The maximum absolute atomic E-state index is 11.7. The summed E-state index contributed by atoms with van der Waals surface area (Å²) in [5, 5.41) is 4.22. The van der Waals surface area contributed by atoms with Gasteiger partial charge in [0.2, 0.25) is 0 Å². The van der Waals surface area contributed by atoms with E-state index in [2.05, 4.69) is 0 Å². The van der Waals surface area contributed by atoms with Crippen LogP contribution in [0.25, 0.3) is 0 Å². The quantitative estimate of drug-likeness (QED) is 0.685. The van der Waals surface area contributed by atoms with Crippen LogP contribution >= 0.6 is 22.9 Å². The molecule has 2 aromatic rings. The molecule has 0 saturated heterocycles. The van der Waals surface area contributed by atoms with Gasteiger partial charge in [0, 0.05) is 5.56 Å². The van der Waals surface area contributed by atoms with Gasteiger partial charge in [0.05, 0.1) is 16.3 Å². The van der Waals surface area contributed by atoms with Crippen molar-refractivity contribution in [2.24, 2.45) is 0 Å². The molecule has 0 atom stereocenters. The van der Waals surface area contributed by atoms with Crippen LogP contribution < -0.4 is 5.73 Å². The van der Waals surface area contributed by atoms with E-state index in [1.807, 2.05) is 16.8 Å². The number of thiophene rings is 1. The van der Waals surface area contributed by atoms with Crippen LogP contribution in [0.15, 0.2) is 35.0 Å². The zero-order valence-corrected chi connectivity index (χ0v) is 10.4. The molecule has 0 amide bonds. The average Bonchev–Trinajstić information content (AvgIpc) is 2.82.